The molecule has 5 heteroatoms. The van der Waals surface area contributed by atoms with Crippen LogP contribution in [0.4, 0.5) is 0 Å². The average molecular weight is 369 g/mol. The largest absolute Gasteiger partial charge is 0.370 e. The zero-order valence-corrected chi connectivity index (χ0v) is 13.5. The summed E-state index contributed by atoms with van der Waals surface area (Å²) < 4.78 is 0. The molecule has 0 aromatic rings. The van der Waals surface area contributed by atoms with Gasteiger partial charge in [0.05, 0.1) is 0 Å². The molecule has 1 saturated heterocycles. The molecule has 2 fully saturated rings. The molecule has 0 spiro atoms. The summed E-state index contributed by atoms with van der Waals surface area (Å²) in [6.45, 7) is 0.915. The van der Waals surface area contributed by atoms with Gasteiger partial charge in [0.25, 0.3) is 0 Å². The number of guanidine groups is 1. The minimum atomic E-state index is 0. The minimum Gasteiger partial charge on any atom is -0.370 e. The molecule has 1 aliphatic heterocycles. The van der Waals surface area contributed by atoms with E-state index in [1.54, 1.807) is 0 Å². The SMILES string of the molecule is I.NC(=NCC1CCSC1)NC1CCCCC1. The standard InChI is InChI=1S/C12H23N3S.HI/c13-12(14-8-10-6-7-16-9-10)15-11-4-2-1-3-5-11;/h10-11H,1-9H2,(H3,13,14,15);1H. The van der Waals surface area contributed by atoms with Crippen LogP contribution in [0.5, 0.6) is 0 Å². The first-order valence-electron chi connectivity index (χ1n) is 6.49. The van der Waals surface area contributed by atoms with Crippen molar-refractivity contribution >= 4 is 41.7 Å². The van der Waals surface area contributed by atoms with E-state index < -0.39 is 0 Å². The summed E-state index contributed by atoms with van der Waals surface area (Å²) in [4.78, 5) is 4.47. The van der Waals surface area contributed by atoms with E-state index in [0.717, 1.165) is 12.5 Å². The summed E-state index contributed by atoms with van der Waals surface area (Å²) in [6, 6.07) is 0.579. The predicted octanol–water partition coefficient (Wildman–Crippen LogP) is 2.59. The van der Waals surface area contributed by atoms with Gasteiger partial charge in [0.1, 0.15) is 0 Å². The summed E-state index contributed by atoms with van der Waals surface area (Å²) in [5, 5.41) is 3.36. The van der Waals surface area contributed by atoms with Crippen LogP contribution < -0.4 is 11.1 Å². The maximum atomic E-state index is 5.91. The van der Waals surface area contributed by atoms with Gasteiger partial charge in [-0.3, -0.25) is 4.99 Å². The van der Waals surface area contributed by atoms with Crippen molar-refractivity contribution in [1.29, 1.82) is 0 Å². The Morgan fingerprint density at radius 1 is 1.24 bits per heavy atom. The van der Waals surface area contributed by atoms with Crippen molar-refractivity contribution < 1.29 is 0 Å². The van der Waals surface area contributed by atoms with Crippen molar-refractivity contribution in [3.63, 3.8) is 0 Å². The fourth-order valence-electron chi connectivity index (χ4n) is 2.46. The van der Waals surface area contributed by atoms with E-state index in [9.17, 15) is 0 Å². The van der Waals surface area contributed by atoms with E-state index >= 15 is 0 Å². The van der Waals surface area contributed by atoms with Crippen molar-refractivity contribution in [3.8, 4) is 0 Å². The second-order valence-corrected chi connectivity index (χ2v) is 6.08. The summed E-state index contributed by atoms with van der Waals surface area (Å²) >= 11 is 2.04. The lowest BCUT2D eigenvalue weighted by atomic mass is 9.96. The van der Waals surface area contributed by atoms with E-state index in [1.807, 2.05) is 11.8 Å². The van der Waals surface area contributed by atoms with E-state index in [0.29, 0.717) is 12.0 Å². The highest BCUT2D eigenvalue weighted by Gasteiger charge is 2.16. The number of nitrogens with two attached hydrogens (primary N) is 1. The fourth-order valence-corrected chi connectivity index (χ4v) is 3.73. The number of hydrogen-bond acceptors (Lipinski definition) is 2. The second kappa shape index (κ2) is 8.45. The summed E-state index contributed by atoms with van der Waals surface area (Å²) in [5.41, 5.74) is 5.91. The maximum absolute atomic E-state index is 5.91. The Morgan fingerprint density at radius 2 is 2.00 bits per heavy atom. The van der Waals surface area contributed by atoms with Crippen LogP contribution in [0.2, 0.25) is 0 Å². The molecule has 1 unspecified atom stereocenters. The van der Waals surface area contributed by atoms with Gasteiger partial charge in [-0.25, -0.2) is 0 Å². The smallest absolute Gasteiger partial charge is 0.188 e. The Morgan fingerprint density at radius 3 is 2.65 bits per heavy atom. The Labute approximate surface area is 126 Å². The summed E-state index contributed by atoms with van der Waals surface area (Å²) in [7, 11) is 0. The first kappa shape index (κ1) is 15.4. The summed E-state index contributed by atoms with van der Waals surface area (Å²) in [5.74, 6) is 4.00. The van der Waals surface area contributed by atoms with Crippen molar-refractivity contribution in [2.75, 3.05) is 18.1 Å². The maximum Gasteiger partial charge on any atom is 0.188 e. The predicted molar refractivity (Wildman–Crippen MR) is 87.3 cm³/mol. The monoisotopic (exact) mass is 369 g/mol. The van der Waals surface area contributed by atoms with Crippen molar-refractivity contribution in [2.24, 2.45) is 16.6 Å². The molecule has 0 bridgehead atoms. The molecule has 1 atom stereocenters. The average Bonchev–Trinajstić information content (AvgIpc) is 2.81. The molecule has 3 N–H and O–H groups in total. The lowest BCUT2D eigenvalue weighted by molar-refractivity contribution is 0.412. The zero-order valence-electron chi connectivity index (χ0n) is 10.4. The molecular formula is C12H24IN3S. The van der Waals surface area contributed by atoms with Gasteiger partial charge in [-0.1, -0.05) is 19.3 Å². The number of nitrogens with zero attached hydrogens (tertiary/aromatic N) is 1. The molecule has 3 nitrogen and oxygen atoms in total. The molecule has 1 aliphatic carbocycles. The molecule has 100 valence electrons. The zero-order chi connectivity index (χ0) is 11.2. The number of aliphatic imine (C=N–C) groups is 1. The van der Waals surface area contributed by atoms with Gasteiger partial charge in [-0.05, 0) is 36.7 Å². The van der Waals surface area contributed by atoms with Crippen LogP contribution >= 0.6 is 35.7 Å². The lowest BCUT2D eigenvalue weighted by Crippen LogP contribution is -2.41. The topological polar surface area (TPSA) is 50.4 Å². The first-order valence-corrected chi connectivity index (χ1v) is 7.64. The number of nitrogens with one attached hydrogen (secondary N) is 1. The number of hydrogen-bond donors (Lipinski definition) is 2. The van der Waals surface area contributed by atoms with Crippen LogP contribution in [-0.4, -0.2) is 30.1 Å². The van der Waals surface area contributed by atoms with E-state index in [2.05, 4.69) is 10.3 Å². The summed E-state index contributed by atoms with van der Waals surface area (Å²) in [6.07, 6.45) is 7.89. The molecule has 0 aromatic carbocycles. The molecule has 2 rings (SSSR count). The highest BCUT2D eigenvalue weighted by atomic mass is 127. The molecule has 0 radical (unpaired) electrons. The van der Waals surface area contributed by atoms with Crippen LogP contribution in [0.25, 0.3) is 0 Å². The second-order valence-electron chi connectivity index (χ2n) is 4.93. The van der Waals surface area contributed by atoms with Crippen LogP contribution in [-0.2, 0) is 0 Å². The van der Waals surface area contributed by atoms with Gasteiger partial charge in [0, 0.05) is 12.6 Å². The number of halogens is 1. The van der Waals surface area contributed by atoms with Gasteiger partial charge in [-0.15, -0.1) is 24.0 Å². The molecular weight excluding hydrogens is 345 g/mol. The van der Waals surface area contributed by atoms with E-state index in [1.165, 1.54) is 50.0 Å². The van der Waals surface area contributed by atoms with Gasteiger partial charge < -0.3 is 11.1 Å². The van der Waals surface area contributed by atoms with Gasteiger partial charge >= 0.3 is 0 Å². The van der Waals surface area contributed by atoms with E-state index in [4.69, 9.17) is 5.73 Å². The highest BCUT2D eigenvalue weighted by Crippen LogP contribution is 2.23. The van der Waals surface area contributed by atoms with Gasteiger partial charge in [0.2, 0.25) is 0 Å². The molecule has 0 amide bonds. The molecule has 17 heavy (non-hydrogen) atoms. The normalized spacial score (nSPS) is 26.6. The molecule has 0 aromatic heterocycles. The van der Waals surface area contributed by atoms with Crippen molar-refractivity contribution in [2.45, 2.75) is 44.6 Å². The van der Waals surface area contributed by atoms with Crippen molar-refractivity contribution in [3.05, 3.63) is 0 Å². The number of thioether (sulfide) groups is 1. The Bertz CT molecular complexity index is 236. The Balaban J connectivity index is 0.00000144. The minimum absolute atomic E-state index is 0. The van der Waals surface area contributed by atoms with Crippen LogP contribution in [0, 0.1) is 5.92 Å². The van der Waals surface area contributed by atoms with Crippen LogP contribution in [0.3, 0.4) is 0 Å². The van der Waals surface area contributed by atoms with Gasteiger partial charge in [-0.2, -0.15) is 11.8 Å². The third-order valence-electron chi connectivity index (χ3n) is 3.50. The van der Waals surface area contributed by atoms with Crippen LogP contribution in [0.15, 0.2) is 4.99 Å². The highest BCUT2D eigenvalue weighted by molar-refractivity contribution is 14.0. The van der Waals surface area contributed by atoms with Crippen LogP contribution in [0.1, 0.15) is 38.5 Å². The van der Waals surface area contributed by atoms with Gasteiger partial charge in [0.15, 0.2) is 5.96 Å². The fraction of sp³-hybridized carbons (Fsp3) is 0.917. The first-order chi connectivity index (χ1) is 7.84. The lowest BCUT2D eigenvalue weighted by Gasteiger charge is -2.23. The van der Waals surface area contributed by atoms with Crippen molar-refractivity contribution in [1.82, 2.24) is 5.32 Å². The molecule has 1 saturated carbocycles. The third-order valence-corrected chi connectivity index (χ3v) is 4.73. The number of rotatable bonds is 3. The third kappa shape index (κ3) is 5.68. The molecule has 1 heterocycles. The Hall–Kier alpha value is 0.350. The van der Waals surface area contributed by atoms with E-state index in [-0.39, 0.29) is 24.0 Å². The Kier molecular flexibility index (Phi) is 7.66. The molecule has 2 aliphatic rings. The quantitative estimate of drug-likeness (QED) is 0.457.